The molecule has 4 rings (SSSR count). The van der Waals surface area contributed by atoms with E-state index in [1.807, 2.05) is 0 Å². The van der Waals surface area contributed by atoms with Crippen LogP contribution in [0.5, 0.6) is 5.75 Å². The molecule has 1 saturated heterocycles. The second kappa shape index (κ2) is 10.3. The fourth-order valence-corrected chi connectivity index (χ4v) is 4.53. The summed E-state index contributed by atoms with van der Waals surface area (Å²) in [6, 6.07) is 13.0. The smallest absolute Gasteiger partial charge is 0.387 e. The van der Waals surface area contributed by atoms with E-state index in [-0.39, 0.29) is 23.5 Å². The predicted octanol–water partition coefficient (Wildman–Crippen LogP) is 5.56. The monoisotopic (exact) mass is 491 g/mol. The second-order valence-electron chi connectivity index (χ2n) is 7.50. The van der Waals surface area contributed by atoms with E-state index in [4.69, 9.17) is 11.6 Å². The number of carbonyl (C=O) groups excluding carboxylic acids is 2. The third kappa shape index (κ3) is 5.66. The summed E-state index contributed by atoms with van der Waals surface area (Å²) in [7, 11) is 0. The number of anilines is 1. The standard InChI is InChI=1S/C23H20ClF2N3O3S/c24-16-9-7-14(8-10-16)21(31)29-11-3-4-15(12-29)20(30)28-23-27-18(13-33-23)17-5-1-2-6-19(17)32-22(25)26/h1-2,5-10,13,15,22H,3-4,11-12H2,(H,27,28,30). The number of piperidine rings is 1. The van der Waals surface area contributed by atoms with Gasteiger partial charge in [0.15, 0.2) is 5.13 Å². The Kier molecular flexibility index (Phi) is 7.20. The number of thiazole rings is 1. The van der Waals surface area contributed by atoms with Crippen molar-refractivity contribution in [1.82, 2.24) is 9.88 Å². The Morgan fingerprint density at radius 2 is 1.94 bits per heavy atom. The molecule has 0 aliphatic carbocycles. The molecule has 10 heteroatoms. The maximum atomic E-state index is 12.9. The van der Waals surface area contributed by atoms with Crippen LogP contribution in [0.2, 0.25) is 5.02 Å². The maximum Gasteiger partial charge on any atom is 0.387 e. The predicted molar refractivity (Wildman–Crippen MR) is 123 cm³/mol. The van der Waals surface area contributed by atoms with Crippen LogP contribution in [-0.2, 0) is 4.79 Å². The number of benzene rings is 2. The van der Waals surface area contributed by atoms with Gasteiger partial charge in [-0.05, 0) is 49.2 Å². The van der Waals surface area contributed by atoms with Crippen LogP contribution < -0.4 is 10.1 Å². The number of amides is 2. The number of halogens is 3. The highest BCUT2D eigenvalue weighted by molar-refractivity contribution is 7.14. The number of likely N-dealkylation sites (tertiary alicyclic amines) is 1. The maximum absolute atomic E-state index is 12.9. The lowest BCUT2D eigenvalue weighted by atomic mass is 9.96. The lowest BCUT2D eigenvalue weighted by molar-refractivity contribution is -0.121. The van der Waals surface area contributed by atoms with Gasteiger partial charge in [0, 0.05) is 34.6 Å². The Morgan fingerprint density at radius 1 is 1.18 bits per heavy atom. The minimum absolute atomic E-state index is 0.0133. The van der Waals surface area contributed by atoms with E-state index in [9.17, 15) is 18.4 Å². The fourth-order valence-electron chi connectivity index (χ4n) is 3.69. The molecule has 1 unspecified atom stereocenters. The Balaban J connectivity index is 1.41. The van der Waals surface area contributed by atoms with Gasteiger partial charge in [-0.1, -0.05) is 23.7 Å². The highest BCUT2D eigenvalue weighted by Gasteiger charge is 2.29. The zero-order chi connectivity index (χ0) is 23.4. The van der Waals surface area contributed by atoms with Crippen molar-refractivity contribution in [2.45, 2.75) is 19.5 Å². The number of hydrogen-bond acceptors (Lipinski definition) is 5. The van der Waals surface area contributed by atoms with Gasteiger partial charge in [-0.3, -0.25) is 9.59 Å². The number of carbonyl (C=O) groups is 2. The van der Waals surface area contributed by atoms with E-state index in [1.165, 1.54) is 17.4 Å². The fraction of sp³-hybridized carbons (Fsp3) is 0.261. The Morgan fingerprint density at radius 3 is 2.70 bits per heavy atom. The van der Waals surface area contributed by atoms with Gasteiger partial charge in [0.1, 0.15) is 5.75 Å². The molecule has 3 aromatic rings. The van der Waals surface area contributed by atoms with Crippen LogP contribution in [0.4, 0.5) is 13.9 Å². The number of para-hydroxylation sites is 1. The molecular weight excluding hydrogens is 472 g/mol. The Labute approximate surface area is 198 Å². The van der Waals surface area contributed by atoms with Gasteiger partial charge in [0.2, 0.25) is 5.91 Å². The number of aromatic nitrogens is 1. The minimum atomic E-state index is -2.95. The van der Waals surface area contributed by atoms with E-state index < -0.39 is 6.61 Å². The van der Waals surface area contributed by atoms with Crippen LogP contribution in [0.15, 0.2) is 53.9 Å². The SMILES string of the molecule is O=C(Nc1nc(-c2ccccc2OC(F)F)cs1)C1CCCN(C(=O)c2ccc(Cl)cc2)C1. The number of hydrogen-bond donors (Lipinski definition) is 1. The summed E-state index contributed by atoms with van der Waals surface area (Å²) in [4.78, 5) is 31.7. The third-order valence-electron chi connectivity index (χ3n) is 5.28. The average molecular weight is 492 g/mol. The molecule has 6 nitrogen and oxygen atoms in total. The Hall–Kier alpha value is -3.04. The van der Waals surface area contributed by atoms with Crippen molar-refractivity contribution in [2.75, 3.05) is 18.4 Å². The normalized spacial score (nSPS) is 16.0. The van der Waals surface area contributed by atoms with E-state index >= 15 is 0 Å². The van der Waals surface area contributed by atoms with Crippen molar-refractivity contribution in [3.63, 3.8) is 0 Å². The summed E-state index contributed by atoms with van der Waals surface area (Å²) in [6.07, 6.45) is 1.36. The first-order chi connectivity index (χ1) is 15.9. The highest BCUT2D eigenvalue weighted by Crippen LogP contribution is 2.33. The summed E-state index contributed by atoms with van der Waals surface area (Å²) >= 11 is 7.08. The van der Waals surface area contributed by atoms with Crippen molar-refractivity contribution >= 4 is 39.9 Å². The van der Waals surface area contributed by atoms with Gasteiger partial charge < -0.3 is 15.0 Å². The molecule has 0 saturated carbocycles. The number of alkyl halides is 2. The highest BCUT2D eigenvalue weighted by atomic mass is 35.5. The third-order valence-corrected chi connectivity index (χ3v) is 6.29. The summed E-state index contributed by atoms with van der Waals surface area (Å²) in [5.74, 6) is -0.742. The molecule has 2 heterocycles. The number of nitrogens with zero attached hydrogens (tertiary/aromatic N) is 2. The number of rotatable bonds is 6. The van der Waals surface area contributed by atoms with E-state index in [2.05, 4.69) is 15.0 Å². The summed E-state index contributed by atoms with van der Waals surface area (Å²) in [5, 5.41) is 5.36. The summed E-state index contributed by atoms with van der Waals surface area (Å²) in [6.45, 7) is -2.07. The summed E-state index contributed by atoms with van der Waals surface area (Å²) < 4.78 is 29.9. The molecule has 33 heavy (non-hydrogen) atoms. The van der Waals surface area contributed by atoms with Crippen molar-refractivity contribution in [2.24, 2.45) is 5.92 Å². The first kappa shape index (κ1) is 23.1. The molecule has 1 atom stereocenters. The summed E-state index contributed by atoms with van der Waals surface area (Å²) in [5.41, 5.74) is 1.36. The van der Waals surface area contributed by atoms with Crippen LogP contribution in [-0.4, -0.2) is 41.4 Å². The van der Waals surface area contributed by atoms with Crippen LogP contribution >= 0.6 is 22.9 Å². The van der Waals surface area contributed by atoms with Crippen LogP contribution in [0.1, 0.15) is 23.2 Å². The zero-order valence-electron chi connectivity index (χ0n) is 17.3. The Bertz CT molecular complexity index is 1140. The van der Waals surface area contributed by atoms with Gasteiger partial charge in [-0.15, -0.1) is 11.3 Å². The van der Waals surface area contributed by atoms with E-state index in [1.54, 1.807) is 52.7 Å². The second-order valence-corrected chi connectivity index (χ2v) is 8.79. The van der Waals surface area contributed by atoms with Crippen LogP contribution in [0.3, 0.4) is 0 Å². The molecule has 2 aromatic carbocycles. The number of nitrogens with one attached hydrogen (secondary N) is 1. The zero-order valence-corrected chi connectivity index (χ0v) is 18.9. The first-order valence-electron chi connectivity index (χ1n) is 10.3. The molecule has 0 radical (unpaired) electrons. The molecular formula is C23H20ClF2N3O3S. The molecule has 0 bridgehead atoms. The average Bonchev–Trinajstić information content (AvgIpc) is 3.27. The van der Waals surface area contributed by atoms with Crippen molar-refractivity contribution in [3.8, 4) is 17.0 Å². The van der Waals surface area contributed by atoms with Crippen LogP contribution in [0, 0.1) is 5.92 Å². The molecule has 1 fully saturated rings. The van der Waals surface area contributed by atoms with Gasteiger partial charge >= 0.3 is 6.61 Å². The molecule has 1 N–H and O–H groups in total. The lowest BCUT2D eigenvalue weighted by Crippen LogP contribution is -2.43. The topological polar surface area (TPSA) is 71.5 Å². The molecule has 1 aliphatic heterocycles. The van der Waals surface area contributed by atoms with Crippen molar-refractivity contribution < 1.29 is 23.1 Å². The van der Waals surface area contributed by atoms with Crippen molar-refractivity contribution in [3.05, 3.63) is 64.5 Å². The van der Waals surface area contributed by atoms with Gasteiger partial charge in [-0.25, -0.2) is 4.98 Å². The molecule has 1 aromatic heterocycles. The minimum Gasteiger partial charge on any atom is -0.434 e. The molecule has 1 aliphatic rings. The largest absolute Gasteiger partial charge is 0.434 e. The molecule has 172 valence electrons. The van der Waals surface area contributed by atoms with Crippen LogP contribution in [0.25, 0.3) is 11.3 Å². The first-order valence-corrected chi connectivity index (χ1v) is 11.5. The van der Waals surface area contributed by atoms with E-state index in [0.29, 0.717) is 52.9 Å². The quantitative estimate of drug-likeness (QED) is 0.490. The van der Waals surface area contributed by atoms with Crippen molar-refractivity contribution in [1.29, 1.82) is 0 Å². The molecule has 2 amide bonds. The van der Waals surface area contributed by atoms with Gasteiger partial charge in [0.25, 0.3) is 5.91 Å². The van der Waals surface area contributed by atoms with Gasteiger partial charge in [-0.2, -0.15) is 8.78 Å². The lowest BCUT2D eigenvalue weighted by Gasteiger charge is -2.32. The van der Waals surface area contributed by atoms with E-state index in [0.717, 1.165) is 0 Å². The molecule has 0 spiro atoms. The van der Waals surface area contributed by atoms with Gasteiger partial charge in [0.05, 0.1) is 11.6 Å². The number of ether oxygens (including phenoxy) is 1.